The fourth-order valence-corrected chi connectivity index (χ4v) is 4.19. The van der Waals surface area contributed by atoms with E-state index in [-0.39, 0.29) is 22.7 Å². The second-order valence-corrected chi connectivity index (χ2v) is 7.09. The van der Waals surface area contributed by atoms with Gasteiger partial charge in [0.15, 0.2) is 0 Å². The first-order chi connectivity index (χ1) is 9.83. The number of nitrogens with two attached hydrogens (primary N) is 1. The van der Waals surface area contributed by atoms with Crippen molar-refractivity contribution in [3.63, 3.8) is 0 Å². The maximum Gasteiger partial charge on any atom is 0.241 e. The summed E-state index contributed by atoms with van der Waals surface area (Å²) >= 11 is 1.46. The van der Waals surface area contributed by atoms with E-state index in [0.29, 0.717) is 12.0 Å². The van der Waals surface area contributed by atoms with Crippen molar-refractivity contribution < 1.29 is 12.8 Å². The molecule has 3 N–H and O–H groups in total. The minimum Gasteiger partial charge on any atom is -0.396 e. The first-order valence-electron chi connectivity index (χ1n) is 6.25. The standard InChI is InChI=1S/C13H16FN3O2S2/c1-8-5-11(14)12(15)9(2)13(8)21(18,19)17-4-3-10-6-20-7-16-10/h5-7,17H,3-4,15H2,1-2H3. The van der Waals surface area contributed by atoms with Crippen molar-refractivity contribution in [2.45, 2.75) is 25.2 Å². The Morgan fingerprint density at radius 2 is 2.14 bits per heavy atom. The number of hydrogen-bond donors (Lipinski definition) is 2. The molecule has 0 unspecified atom stereocenters. The number of aryl methyl sites for hydroxylation is 1. The molecular formula is C13H16FN3O2S2. The summed E-state index contributed by atoms with van der Waals surface area (Å²) in [5.41, 5.74) is 8.53. The van der Waals surface area contributed by atoms with Crippen LogP contribution in [0.4, 0.5) is 10.1 Å². The molecule has 0 atom stereocenters. The molecule has 1 aromatic heterocycles. The highest BCUT2D eigenvalue weighted by Crippen LogP contribution is 2.27. The molecule has 8 heteroatoms. The highest BCUT2D eigenvalue weighted by atomic mass is 32.2. The number of anilines is 1. The van der Waals surface area contributed by atoms with Gasteiger partial charge in [-0.1, -0.05) is 0 Å². The molecule has 1 aromatic carbocycles. The quantitative estimate of drug-likeness (QED) is 0.822. The van der Waals surface area contributed by atoms with Crippen molar-refractivity contribution in [3.8, 4) is 0 Å². The van der Waals surface area contributed by atoms with Gasteiger partial charge in [-0.2, -0.15) is 0 Å². The molecule has 1 heterocycles. The van der Waals surface area contributed by atoms with Crippen molar-refractivity contribution in [1.29, 1.82) is 0 Å². The van der Waals surface area contributed by atoms with E-state index in [1.165, 1.54) is 18.3 Å². The van der Waals surface area contributed by atoms with Gasteiger partial charge in [-0.15, -0.1) is 11.3 Å². The second-order valence-electron chi connectivity index (χ2n) is 4.67. The Labute approximate surface area is 127 Å². The van der Waals surface area contributed by atoms with Crippen molar-refractivity contribution in [2.24, 2.45) is 0 Å². The van der Waals surface area contributed by atoms with Gasteiger partial charge in [-0.25, -0.2) is 22.5 Å². The molecule has 114 valence electrons. The van der Waals surface area contributed by atoms with Crippen LogP contribution in [0.15, 0.2) is 21.9 Å². The lowest BCUT2D eigenvalue weighted by Crippen LogP contribution is -2.27. The van der Waals surface area contributed by atoms with Gasteiger partial charge in [0.25, 0.3) is 0 Å². The minimum atomic E-state index is -3.74. The largest absolute Gasteiger partial charge is 0.396 e. The Balaban J connectivity index is 2.22. The predicted molar refractivity (Wildman–Crippen MR) is 81.3 cm³/mol. The van der Waals surface area contributed by atoms with Crippen LogP contribution < -0.4 is 10.5 Å². The highest BCUT2D eigenvalue weighted by Gasteiger charge is 2.22. The van der Waals surface area contributed by atoms with Crippen LogP contribution in [-0.4, -0.2) is 19.9 Å². The van der Waals surface area contributed by atoms with E-state index in [1.54, 1.807) is 12.4 Å². The summed E-state index contributed by atoms with van der Waals surface area (Å²) in [5, 5.41) is 1.86. The maximum atomic E-state index is 13.5. The number of benzene rings is 1. The fourth-order valence-electron chi connectivity index (χ4n) is 2.09. The molecule has 0 saturated heterocycles. The monoisotopic (exact) mass is 329 g/mol. The molecule has 5 nitrogen and oxygen atoms in total. The number of nitrogens with one attached hydrogen (secondary N) is 1. The first kappa shape index (κ1) is 15.9. The molecule has 21 heavy (non-hydrogen) atoms. The summed E-state index contributed by atoms with van der Waals surface area (Å²) in [6, 6.07) is 1.14. The molecule has 0 radical (unpaired) electrons. The maximum absolute atomic E-state index is 13.5. The van der Waals surface area contributed by atoms with Crippen molar-refractivity contribution in [1.82, 2.24) is 9.71 Å². The number of sulfonamides is 1. The lowest BCUT2D eigenvalue weighted by molar-refractivity contribution is 0.579. The van der Waals surface area contributed by atoms with Crippen LogP contribution in [0, 0.1) is 19.7 Å². The third kappa shape index (κ3) is 3.39. The Bertz CT molecular complexity index is 743. The molecule has 2 aromatic rings. The average molecular weight is 329 g/mol. The van der Waals surface area contributed by atoms with Gasteiger partial charge in [0, 0.05) is 18.3 Å². The summed E-state index contributed by atoms with van der Waals surface area (Å²) in [4.78, 5) is 4.12. The van der Waals surface area contributed by atoms with Crippen LogP contribution in [0.2, 0.25) is 0 Å². The average Bonchev–Trinajstić information content (AvgIpc) is 2.88. The van der Waals surface area contributed by atoms with Gasteiger partial charge in [-0.05, 0) is 31.0 Å². The van der Waals surface area contributed by atoms with Crippen molar-refractivity contribution in [3.05, 3.63) is 39.6 Å². The van der Waals surface area contributed by atoms with E-state index in [4.69, 9.17) is 5.73 Å². The number of thiazole rings is 1. The Hall–Kier alpha value is -1.51. The Morgan fingerprint density at radius 3 is 2.76 bits per heavy atom. The van der Waals surface area contributed by atoms with Crippen molar-refractivity contribution in [2.75, 3.05) is 12.3 Å². The van der Waals surface area contributed by atoms with Gasteiger partial charge in [0.1, 0.15) is 5.82 Å². The molecule has 0 amide bonds. The van der Waals surface area contributed by atoms with Gasteiger partial charge >= 0.3 is 0 Å². The SMILES string of the molecule is Cc1cc(F)c(N)c(C)c1S(=O)(=O)NCCc1cscn1. The number of hydrogen-bond acceptors (Lipinski definition) is 5. The van der Waals surface area contributed by atoms with E-state index < -0.39 is 15.8 Å². The smallest absolute Gasteiger partial charge is 0.241 e. The number of halogens is 1. The van der Waals surface area contributed by atoms with Gasteiger partial charge in [-0.3, -0.25) is 0 Å². The Morgan fingerprint density at radius 1 is 1.43 bits per heavy atom. The zero-order valence-electron chi connectivity index (χ0n) is 11.7. The van der Waals surface area contributed by atoms with E-state index in [1.807, 2.05) is 5.38 Å². The number of rotatable bonds is 5. The molecule has 2 rings (SSSR count). The van der Waals surface area contributed by atoms with Crippen LogP contribution >= 0.6 is 11.3 Å². The lowest BCUT2D eigenvalue weighted by Gasteiger charge is -2.14. The number of nitrogen functional groups attached to an aromatic ring is 1. The summed E-state index contributed by atoms with van der Waals surface area (Å²) in [5.74, 6) is -0.605. The predicted octanol–water partition coefficient (Wildman–Crippen LogP) is 2.00. The molecule has 0 fully saturated rings. The van der Waals surface area contributed by atoms with E-state index in [9.17, 15) is 12.8 Å². The minimum absolute atomic E-state index is 0.0414. The van der Waals surface area contributed by atoms with E-state index >= 15 is 0 Å². The molecule has 0 spiro atoms. The van der Waals surface area contributed by atoms with E-state index in [0.717, 1.165) is 11.8 Å². The van der Waals surface area contributed by atoms with Crippen LogP contribution in [-0.2, 0) is 16.4 Å². The summed E-state index contributed by atoms with van der Waals surface area (Å²) < 4.78 is 40.7. The molecule has 0 aliphatic carbocycles. The molecule has 0 saturated carbocycles. The second kappa shape index (κ2) is 6.08. The fraction of sp³-hybridized carbons (Fsp3) is 0.308. The summed E-state index contributed by atoms with van der Waals surface area (Å²) in [6.07, 6.45) is 0.498. The van der Waals surface area contributed by atoms with Crippen molar-refractivity contribution >= 4 is 27.0 Å². The molecule has 0 aliphatic heterocycles. The van der Waals surface area contributed by atoms with Crippen LogP contribution in [0.3, 0.4) is 0 Å². The van der Waals surface area contributed by atoms with E-state index in [2.05, 4.69) is 9.71 Å². The third-order valence-corrected chi connectivity index (χ3v) is 5.51. The van der Waals surface area contributed by atoms with Crippen LogP contribution in [0.5, 0.6) is 0 Å². The third-order valence-electron chi connectivity index (χ3n) is 3.13. The summed E-state index contributed by atoms with van der Waals surface area (Å²) in [7, 11) is -3.74. The Kier molecular flexibility index (Phi) is 4.60. The zero-order valence-corrected chi connectivity index (χ0v) is 13.3. The summed E-state index contributed by atoms with van der Waals surface area (Å²) in [6.45, 7) is 3.27. The molecule has 0 bridgehead atoms. The highest BCUT2D eigenvalue weighted by molar-refractivity contribution is 7.89. The van der Waals surface area contributed by atoms with Crippen LogP contribution in [0.25, 0.3) is 0 Å². The lowest BCUT2D eigenvalue weighted by atomic mass is 10.1. The molecule has 0 aliphatic rings. The van der Waals surface area contributed by atoms with Gasteiger partial charge in [0.05, 0.1) is 21.8 Å². The normalized spacial score (nSPS) is 11.8. The van der Waals surface area contributed by atoms with Gasteiger partial charge in [0.2, 0.25) is 10.0 Å². The topological polar surface area (TPSA) is 85.1 Å². The van der Waals surface area contributed by atoms with Crippen LogP contribution in [0.1, 0.15) is 16.8 Å². The zero-order chi connectivity index (χ0) is 15.6. The first-order valence-corrected chi connectivity index (χ1v) is 8.67. The number of nitrogens with zero attached hydrogens (tertiary/aromatic N) is 1. The number of aromatic nitrogens is 1. The molecular weight excluding hydrogens is 313 g/mol. The van der Waals surface area contributed by atoms with Gasteiger partial charge < -0.3 is 5.73 Å².